The summed E-state index contributed by atoms with van der Waals surface area (Å²) in [5.41, 5.74) is 3.50. The van der Waals surface area contributed by atoms with Gasteiger partial charge in [-0.2, -0.15) is 5.26 Å². The van der Waals surface area contributed by atoms with Crippen molar-refractivity contribution in [3.05, 3.63) is 99.5 Å². The van der Waals surface area contributed by atoms with Gasteiger partial charge in [0.15, 0.2) is 0 Å². The fourth-order valence-electron chi connectivity index (χ4n) is 3.97. The van der Waals surface area contributed by atoms with Crippen LogP contribution in [0.2, 0.25) is 10.0 Å². The number of carbonyl (C=O) groups excluding carboxylic acids is 2. The van der Waals surface area contributed by atoms with E-state index in [9.17, 15) is 14.9 Å². The number of carbonyl (C=O) groups is 2. The number of hydrogen-bond acceptors (Lipinski definition) is 4. The van der Waals surface area contributed by atoms with Crippen molar-refractivity contribution in [2.24, 2.45) is 10.9 Å². The molecule has 1 aliphatic heterocycles. The number of aliphatic imine (C=N–C) groups is 1. The van der Waals surface area contributed by atoms with Crippen LogP contribution in [0.1, 0.15) is 23.6 Å². The summed E-state index contributed by atoms with van der Waals surface area (Å²) in [4.78, 5) is 32.7. The van der Waals surface area contributed by atoms with E-state index in [1.54, 1.807) is 31.2 Å². The molecule has 0 saturated carbocycles. The summed E-state index contributed by atoms with van der Waals surface area (Å²) in [5.74, 6) is -1.28. The molecule has 1 heterocycles. The zero-order valence-corrected chi connectivity index (χ0v) is 20.4. The van der Waals surface area contributed by atoms with Crippen LogP contribution in [0.5, 0.6) is 0 Å². The van der Waals surface area contributed by atoms with Gasteiger partial charge in [-0.1, -0.05) is 84.7 Å². The van der Waals surface area contributed by atoms with E-state index in [4.69, 9.17) is 28.2 Å². The quantitative estimate of drug-likeness (QED) is 0.478. The highest BCUT2D eigenvalue weighted by molar-refractivity contribution is 6.42. The number of nitriles is 1. The Labute approximate surface area is 213 Å². The van der Waals surface area contributed by atoms with E-state index in [1.807, 2.05) is 54.6 Å². The fourth-order valence-corrected chi connectivity index (χ4v) is 4.29. The SMILES string of the molecule is C[C@@H](Cc1ccc(Cl)c(Cl)c1)C(=O)NC1N=C(c2ccccc2)c2ccccc2N(CC#N)C1=O. The standard InChI is InChI=1S/C27H22Cl2N4O2/c1-17(15-18-11-12-21(28)22(29)16-18)26(34)32-25-27(35)33(14-13-30)23-10-6-5-9-20(23)24(31-25)19-7-3-2-4-8-19/h2-12,16-17,25H,14-15H2,1H3,(H,32,34)/t17-,25?/m0/s1. The molecule has 4 rings (SSSR count). The van der Waals surface area contributed by atoms with Crippen molar-refractivity contribution in [1.29, 1.82) is 5.26 Å². The predicted molar refractivity (Wildman–Crippen MR) is 138 cm³/mol. The first-order chi connectivity index (χ1) is 16.9. The van der Waals surface area contributed by atoms with Crippen LogP contribution in [-0.2, 0) is 16.0 Å². The smallest absolute Gasteiger partial charge is 0.273 e. The number of rotatable bonds is 6. The van der Waals surface area contributed by atoms with Crippen LogP contribution >= 0.6 is 23.2 Å². The van der Waals surface area contributed by atoms with E-state index >= 15 is 0 Å². The lowest BCUT2D eigenvalue weighted by molar-refractivity contribution is -0.129. The zero-order chi connectivity index (χ0) is 24.9. The van der Waals surface area contributed by atoms with E-state index in [-0.39, 0.29) is 12.5 Å². The van der Waals surface area contributed by atoms with Crippen molar-refractivity contribution in [3.8, 4) is 6.07 Å². The summed E-state index contributed by atoms with van der Waals surface area (Å²) in [6.45, 7) is 1.60. The first-order valence-electron chi connectivity index (χ1n) is 11.0. The molecule has 3 aromatic rings. The van der Waals surface area contributed by atoms with Gasteiger partial charge in [-0.15, -0.1) is 0 Å². The van der Waals surface area contributed by atoms with Crippen LogP contribution in [-0.4, -0.2) is 30.2 Å². The lowest BCUT2D eigenvalue weighted by Crippen LogP contribution is -2.49. The number of benzodiazepines with no additional fused rings is 1. The number of benzene rings is 3. The van der Waals surface area contributed by atoms with Gasteiger partial charge in [0.2, 0.25) is 12.1 Å². The molecule has 0 fully saturated rings. The number of nitrogens with zero attached hydrogens (tertiary/aromatic N) is 3. The lowest BCUT2D eigenvalue weighted by Gasteiger charge is -2.23. The molecule has 0 saturated heterocycles. The van der Waals surface area contributed by atoms with Gasteiger partial charge in [0.1, 0.15) is 6.54 Å². The Kier molecular flexibility index (Phi) is 7.50. The first-order valence-corrected chi connectivity index (χ1v) is 11.8. The second kappa shape index (κ2) is 10.7. The van der Waals surface area contributed by atoms with E-state index in [1.165, 1.54) is 4.90 Å². The van der Waals surface area contributed by atoms with Crippen LogP contribution in [0, 0.1) is 17.2 Å². The Morgan fingerprint density at radius 3 is 2.51 bits per heavy atom. The van der Waals surface area contributed by atoms with Crippen molar-refractivity contribution in [3.63, 3.8) is 0 Å². The molecule has 6 nitrogen and oxygen atoms in total. The number of hydrogen-bond donors (Lipinski definition) is 1. The average molecular weight is 505 g/mol. The van der Waals surface area contributed by atoms with Crippen molar-refractivity contribution < 1.29 is 9.59 Å². The maximum atomic E-state index is 13.5. The van der Waals surface area contributed by atoms with Gasteiger partial charge >= 0.3 is 0 Å². The Balaban J connectivity index is 1.67. The number of fused-ring (bicyclic) bond motifs is 1. The average Bonchev–Trinajstić information content (AvgIpc) is 2.97. The highest BCUT2D eigenvalue weighted by Crippen LogP contribution is 2.28. The normalized spacial score (nSPS) is 15.9. The Bertz CT molecular complexity index is 1330. The summed E-state index contributed by atoms with van der Waals surface area (Å²) in [7, 11) is 0. The highest BCUT2D eigenvalue weighted by atomic mass is 35.5. The van der Waals surface area contributed by atoms with Gasteiger partial charge in [-0.3, -0.25) is 14.5 Å². The van der Waals surface area contributed by atoms with Crippen molar-refractivity contribution in [2.75, 3.05) is 11.4 Å². The number of para-hydroxylation sites is 1. The van der Waals surface area contributed by atoms with Crippen molar-refractivity contribution in [2.45, 2.75) is 19.5 Å². The van der Waals surface area contributed by atoms with Crippen LogP contribution in [0.3, 0.4) is 0 Å². The predicted octanol–water partition coefficient (Wildman–Crippen LogP) is 5.02. The minimum absolute atomic E-state index is 0.168. The van der Waals surface area contributed by atoms with Gasteiger partial charge in [-0.05, 0) is 30.2 Å². The van der Waals surface area contributed by atoms with Crippen LogP contribution in [0.4, 0.5) is 5.69 Å². The third-order valence-corrected chi connectivity index (χ3v) is 6.48. The van der Waals surface area contributed by atoms with E-state index in [0.29, 0.717) is 33.4 Å². The van der Waals surface area contributed by atoms with Gasteiger partial charge < -0.3 is 5.32 Å². The molecular formula is C27H22Cl2N4O2. The number of anilines is 1. The van der Waals surface area contributed by atoms with Gasteiger partial charge in [-0.25, -0.2) is 4.99 Å². The highest BCUT2D eigenvalue weighted by Gasteiger charge is 2.33. The Morgan fingerprint density at radius 1 is 1.09 bits per heavy atom. The zero-order valence-electron chi connectivity index (χ0n) is 18.9. The number of nitrogens with one attached hydrogen (secondary N) is 1. The molecule has 1 N–H and O–H groups in total. The first kappa shape index (κ1) is 24.5. The van der Waals surface area contributed by atoms with Gasteiger partial charge in [0.05, 0.1) is 27.5 Å². The summed E-state index contributed by atoms with van der Waals surface area (Å²) in [6.07, 6.45) is -0.782. The Hall–Kier alpha value is -3.66. The van der Waals surface area contributed by atoms with Crippen LogP contribution < -0.4 is 10.2 Å². The van der Waals surface area contributed by atoms with Gasteiger partial charge in [0, 0.05) is 17.0 Å². The molecule has 1 aliphatic rings. The molecule has 2 atom stereocenters. The minimum Gasteiger partial charge on any atom is -0.326 e. The Morgan fingerprint density at radius 2 is 1.80 bits per heavy atom. The molecule has 8 heteroatoms. The molecule has 0 radical (unpaired) electrons. The second-order valence-electron chi connectivity index (χ2n) is 8.21. The molecule has 3 aromatic carbocycles. The second-order valence-corrected chi connectivity index (χ2v) is 9.02. The topological polar surface area (TPSA) is 85.6 Å². The van der Waals surface area contributed by atoms with E-state index in [2.05, 4.69) is 5.32 Å². The minimum atomic E-state index is -1.19. The van der Waals surface area contributed by atoms with Gasteiger partial charge in [0.25, 0.3) is 5.91 Å². The molecule has 1 unspecified atom stereocenters. The molecule has 2 amide bonds. The summed E-state index contributed by atoms with van der Waals surface area (Å²) in [6, 6.07) is 24.0. The summed E-state index contributed by atoms with van der Waals surface area (Å²) in [5, 5.41) is 13.1. The lowest BCUT2D eigenvalue weighted by atomic mass is 10.00. The molecule has 0 aromatic heterocycles. The summed E-state index contributed by atoms with van der Waals surface area (Å²) >= 11 is 12.1. The molecule has 0 spiro atoms. The monoisotopic (exact) mass is 504 g/mol. The molecule has 0 aliphatic carbocycles. The molecule has 35 heavy (non-hydrogen) atoms. The molecule has 0 bridgehead atoms. The number of halogens is 2. The number of amides is 2. The van der Waals surface area contributed by atoms with Crippen LogP contribution in [0.15, 0.2) is 77.8 Å². The summed E-state index contributed by atoms with van der Waals surface area (Å²) < 4.78 is 0. The fraction of sp³-hybridized carbons (Fsp3) is 0.185. The van der Waals surface area contributed by atoms with E-state index in [0.717, 1.165) is 11.1 Å². The van der Waals surface area contributed by atoms with E-state index < -0.39 is 18.0 Å². The third-order valence-electron chi connectivity index (χ3n) is 5.74. The maximum absolute atomic E-state index is 13.5. The van der Waals surface area contributed by atoms with Crippen molar-refractivity contribution in [1.82, 2.24) is 5.32 Å². The largest absolute Gasteiger partial charge is 0.326 e. The molecule has 176 valence electrons. The molecular weight excluding hydrogens is 483 g/mol. The maximum Gasteiger partial charge on any atom is 0.273 e. The van der Waals surface area contributed by atoms with Crippen molar-refractivity contribution >= 4 is 46.4 Å². The third kappa shape index (κ3) is 5.37. The van der Waals surface area contributed by atoms with Crippen LogP contribution in [0.25, 0.3) is 0 Å².